The molecule has 2 amide bonds. The quantitative estimate of drug-likeness (QED) is 0.686. The van der Waals surface area contributed by atoms with Crippen molar-refractivity contribution in [1.29, 1.82) is 0 Å². The first-order valence-electron chi connectivity index (χ1n) is 6.96. The minimum atomic E-state index is -1.11. The summed E-state index contributed by atoms with van der Waals surface area (Å²) in [6.07, 6.45) is 2.26. The van der Waals surface area contributed by atoms with Crippen LogP contribution in [0.2, 0.25) is 0 Å². The normalized spacial score (nSPS) is 11.7. The molecule has 6 nitrogen and oxygen atoms in total. The molecule has 0 saturated heterocycles. The molecule has 0 aliphatic rings. The molecule has 1 atom stereocenters. The van der Waals surface area contributed by atoms with Gasteiger partial charge in [0.1, 0.15) is 0 Å². The van der Waals surface area contributed by atoms with Gasteiger partial charge in [-0.25, -0.2) is 9.59 Å². The molecule has 0 aliphatic heterocycles. The second-order valence-corrected chi connectivity index (χ2v) is 4.70. The van der Waals surface area contributed by atoms with Gasteiger partial charge in [-0.2, -0.15) is 0 Å². The minimum Gasteiger partial charge on any atom is -0.479 e. The summed E-state index contributed by atoms with van der Waals surface area (Å²) in [6, 6.07) is 7.14. The standard InChI is InChI=1S/C15H22N2O4/c1-3-4-5-11-6-8-12(9-7-11)17-15(20)16-10-13(21-2)14(18)19/h6-9,13H,3-5,10H2,1-2H3,(H,18,19)(H2,16,17,20). The van der Waals surface area contributed by atoms with Crippen LogP contribution in [0, 0.1) is 0 Å². The van der Waals surface area contributed by atoms with Crippen LogP contribution < -0.4 is 10.6 Å². The van der Waals surface area contributed by atoms with Crippen LogP contribution in [-0.4, -0.2) is 36.9 Å². The number of rotatable bonds is 8. The SMILES string of the molecule is CCCCc1ccc(NC(=O)NCC(OC)C(=O)O)cc1. The molecule has 0 spiro atoms. The highest BCUT2D eigenvalue weighted by atomic mass is 16.5. The summed E-state index contributed by atoms with van der Waals surface area (Å²) in [5, 5.41) is 13.9. The number of nitrogens with one attached hydrogen (secondary N) is 2. The van der Waals surface area contributed by atoms with E-state index in [1.54, 1.807) is 0 Å². The second kappa shape index (κ2) is 8.97. The molecule has 0 saturated carbocycles. The molecular weight excluding hydrogens is 272 g/mol. The van der Waals surface area contributed by atoms with Crippen LogP contribution in [-0.2, 0) is 16.0 Å². The zero-order valence-corrected chi connectivity index (χ0v) is 12.4. The van der Waals surface area contributed by atoms with E-state index in [0.717, 1.165) is 19.3 Å². The van der Waals surface area contributed by atoms with E-state index < -0.39 is 18.1 Å². The van der Waals surface area contributed by atoms with Gasteiger partial charge in [-0.15, -0.1) is 0 Å². The number of ether oxygens (including phenoxy) is 1. The third-order valence-electron chi connectivity index (χ3n) is 3.04. The first-order chi connectivity index (χ1) is 10.1. The third-order valence-corrected chi connectivity index (χ3v) is 3.04. The van der Waals surface area contributed by atoms with Gasteiger partial charge in [-0.1, -0.05) is 25.5 Å². The van der Waals surface area contributed by atoms with Gasteiger partial charge in [0.25, 0.3) is 0 Å². The lowest BCUT2D eigenvalue weighted by atomic mass is 10.1. The predicted molar refractivity (Wildman–Crippen MR) is 80.5 cm³/mol. The molecule has 1 aromatic carbocycles. The summed E-state index contributed by atoms with van der Waals surface area (Å²) in [7, 11) is 1.29. The highest BCUT2D eigenvalue weighted by Gasteiger charge is 2.16. The number of hydrogen-bond donors (Lipinski definition) is 3. The zero-order valence-electron chi connectivity index (χ0n) is 12.4. The molecule has 0 aromatic heterocycles. The number of urea groups is 1. The first kappa shape index (κ1) is 17.0. The number of benzene rings is 1. The van der Waals surface area contributed by atoms with E-state index in [9.17, 15) is 9.59 Å². The van der Waals surface area contributed by atoms with Crippen molar-refractivity contribution in [3.63, 3.8) is 0 Å². The summed E-state index contributed by atoms with van der Waals surface area (Å²) < 4.78 is 4.72. The Hall–Kier alpha value is -2.08. The average Bonchev–Trinajstić information content (AvgIpc) is 2.47. The van der Waals surface area contributed by atoms with Crippen molar-refractivity contribution < 1.29 is 19.4 Å². The molecule has 0 aliphatic carbocycles. The van der Waals surface area contributed by atoms with Gasteiger partial charge in [-0.05, 0) is 30.5 Å². The van der Waals surface area contributed by atoms with Crippen LogP contribution in [0.1, 0.15) is 25.3 Å². The van der Waals surface area contributed by atoms with Crippen molar-refractivity contribution in [3.8, 4) is 0 Å². The van der Waals surface area contributed by atoms with Gasteiger partial charge in [0.2, 0.25) is 0 Å². The highest BCUT2D eigenvalue weighted by Crippen LogP contribution is 2.11. The van der Waals surface area contributed by atoms with E-state index in [-0.39, 0.29) is 6.54 Å². The third kappa shape index (κ3) is 6.27. The summed E-state index contributed by atoms with van der Waals surface area (Å²) in [5.74, 6) is -1.11. The van der Waals surface area contributed by atoms with Crippen molar-refractivity contribution in [1.82, 2.24) is 5.32 Å². The number of unbranched alkanes of at least 4 members (excludes halogenated alkanes) is 1. The Morgan fingerprint density at radius 3 is 2.48 bits per heavy atom. The van der Waals surface area contributed by atoms with Crippen LogP contribution in [0.5, 0.6) is 0 Å². The molecule has 1 aromatic rings. The Bertz CT molecular complexity index is 459. The summed E-state index contributed by atoms with van der Waals surface area (Å²) in [4.78, 5) is 22.4. The lowest BCUT2D eigenvalue weighted by Crippen LogP contribution is -2.39. The van der Waals surface area contributed by atoms with Crippen LogP contribution in [0.3, 0.4) is 0 Å². The molecule has 21 heavy (non-hydrogen) atoms. The van der Waals surface area contributed by atoms with Crippen molar-refractivity contribution in [3.05, 3.63) is 29.8 Å². The molecule has 0 radical (unpaired) electrons. The van der Waals surface area contributed by atoms with Crippen LogP contribution >= 0.6 is 0 Å². The Morgan fingerprint density at radius 1 is 1.29 bits per heavy atom. The van der Waals surface area contributed by atoms with E-state index in [0.29, 0.717) is 5.69 Å². The molecule has 6 heteroatoms. The number of carbonyl (C=O) groups excluding carboxylic acids is 1. The first-order valence-corrected chi connectivity index (χ1v) is 6.96. The monoisotopic (exact) mass is 294 g/mol. The fourth-order valence-electron chi connectivity index (χ4n) is 1.77. The second-order valence-electron chi connectivity index (χ2n) is 4.70. The molecule has 1 unspecified atom stereocenters. The highest BCUT2D eigenvalue weighted by molar-refractivity contribution is 5.89. The summed E-state index contributed by atoms with van der Waals surface area (Å²) in [5.41, 5.74) is 1.89. The lowest BCUT2D eigenvalue weighted by molar-refractivity contribution is -0.147. The molecule has 1 rings (SSSR count). The van der Waals surface area contributed by atoms with Gasteiger partial charge in [0.05, 0.1) is 6.54 Å². The number of aryl methyl sites for hydroxylation is 1. The summed E-state index contributed by atoms with van der Waals surface area (Å²) in [6.45, 7) is 2.05. The Balaban J connectivity index is 2.42. The number of anilines is 1. The maximum Gasteiger partial charge on any atom is 0.334 e. The van der Waals surface area contributed by atoms with Crippen molar-refractivity contribution in [2.45, 2.75) is 32.3 Å². The van der Waals surface area contributed by atoms with E-state index in [1.807, 2.05) is 24.3 Å². The number of aliphatic carboxylic acids is 1. The molecular formula is C15H22N2O4. The van der Waals surface area contributed by atoms with Gasteiger partial charge in [-0.3, -0.25) is 0 Å². The molecule has 0 bridgehead atoms. The summed E-state index contributed by atoms with van der Waals surface area (Å²) >= 11 is 0. The lowest BCUT2D eigenvalue weighted by Gasteiger charge is -2.12. The fraction of sp³-hybridized carbons (Fsp3) is 0.467. The Labute approximate surface area is 124 Å². The zero-order chi connectivity index (χ0) is 15.7. The van der Waals surface area contributed by atoms with Crippen molar-refractivity contribution in [2.75, 3.05) is 19.0 Å². The molecule has 0 heterocycles. The van der Waals surface area contributed by atoms with Crippen LogP contribution in [0.4, 0.5) is 10.5 Å². The largest absolute Gasteiger partial charge is 0.479 e. The van der Waals surface area contributed by atoms with Gasteiger partial charge in [0, 0.05) is 12.8 Å². The number of carboxylic acid groups (broad SMARTS) is 1. The van der Waals surface area contributed by atoms with Gasteiger partial charge >= 0.3 is 12.0 Å². The number of carboxylic acids is 1. The molecule has 0 fully saturated rings. The van der Waals surface area contributed by atoms with Crippen molar-refractivity contribution >= 4 is 17.7 Å². The van der Waals surface area contributed by atoms with E-state index in [4.69, 9.17) is 9.84 Å². The molecule has 3 N–H and O–H groups in total. The van der Waals surface area contributed by atoms with Gasteiger partial charge in [0.15, 0.2) is 6.10 Å². The van der Waals surface area contributed by atoms with E-state index in [2.05, 4.69) is 17.6 Å². The van der Waals surface area contributed by atoms with Crippen molar-refractivity contribution in [2.24, 2.45) is 0 Å². The Morgan fingerprint density at radius 2 is 1.95 bits per heavy atom. The maximum absolute atomic E-state index is 11.6. The number of carbonyl (C=O) groups is 2. The van der Waals surface area contributed by atoms with E-state index >= 15 is 0 Å². The molecule has 116 valence electrons. The minimum absolute atomic E-state index is 0.0910. The predicted octanol–water partition coefficient (Wildman–Crippen LogP) is 2.25. The maximum atomic E-state index is 11.6. The number of hydrogen-bond acceptors (Lipinski definition) is 3. The Kier molecular flexibility index (Phi) is 7.25. The number of methoxy groups -OCH3 is 1. The van der Waals surface area contributed by atoms with Gasteiger partial charge < -0.3 is 20.5 Å². The topological polar surface area (TPSA) is 87.7 Å². The number of amides is 2. The van der Waals surface area contributed by atoms with Crippen LogP contribution in [0.25, 0.3) is 0 Å². The average molecular weight is 294 g/mol. The smallest absolute Gasteiger partial charge is 0.334 e. The van der Waals surface area contributed by atoms with E-state index in [1.165, 1.54) is 12.7 Å². The fourth-order valence-corrected chi connectivity index (χ4v) is 1.77. The van der Waals surface area contributed by atoms with Crippen LogP contribution in [0.15, 0.2) is 24.3 Å².